The molecule has 0 N–H and O–H groups in total. The molecule has 29 heavy (non-hydrogen) atoms. The molecule has 0 bridgehead atoms. The summed E-state index contributed by atoms with van der Waals surface area (Å²) in [5, 5.41) is 0. The summed E-state index contributed by atoms with van der Waals surface area (Å²) in [7, 11) is -3.32. The van der Waals surface area contributed by atoms with Crippen LogP contribution in [0.15, 0.2) is 97.6 Å². The van der Waals surface area contributed by atoms with Gasteiger partial charge in [-0.2, -0.15) is 0 Å². The largest absolute Gasteiger partial charge is 0.264 e. The van der Waals surface area contributed by atoms with Gasteiger partial charge in [-0.05, 0) is 45.5 Å². The van der Waals surface area contributed by atoms with Crippen LogP contribution in [-0.2, 0) is 21.3 Å². The van der Waals surface area contributed by atoms with E-state index in [4.69, 9.17) is 0 Å². The maximum absolute atomic E-state index is 12.8. The summed E-state index contributed by atoms with van der Waals surface area (Å²) in [4.78, 5) is 8.26. The van der Waals surface area contributed by atoms with Crippen LogP contribution >= 0.6 is 0 Å². The molecule has 2 aromatic heterocycles. The van der Waals surface area contributed by atoms with E-state index in [0.29, 0.717) is 0 Å². The predicted octanol–water partition coefficient (Wildman–Crippen LogP) is 4.93. The van der Waals surface area contributed by atoms with Crippen molar-refractivity contribution in [3.05, 3.63) is 109 Å². The lowest BCUT2D eigenvalue weighted by molar-refractivity contribution is 0.594. The van der Waals surface area contributed by atoms with Gasteiger partial charge in [0, 0.05) is 24.8 Å². The van der Waals surface area contributed by atoms with E-state index in [1.807, 2.05) is 72.8 Å². The van der Waals surface area contributed by atoms with Crippen molar-refractivity contribution < 1.29 is 8.42 Å². The Bertz CT molecular complexity index is 1120. The summed E-state index contributed by atoms with van der Waals surface area (Å²) >= 11 is 0. The molecule has 4 rings (SSSR count). The van der Waals surface area contributed by atoms with Gasteiger partial charge in [-0.1, -0.05) is 60.7 Å². The molecule has 0 amide bonds. The zero-order valence-electron chi connectivity index (χ0n) is 15.8. The van der Waals surface area contributed by atoms with Crippen LogP contribution in [0.25, 0.3) is 22.3 Å². The lowest BCUT2D eigenvalue weighted by Gasteiger charge is -2.09. The summed E-state index contributed by atoms with van der Waals surface area (Å²) in [6, 6.07) is 22.9. The van der Waals surface area contributed by atoms with Crippen LogP contribution in [0.1, 0.15) is 11.1 Å². The van der Waals surface area contributed by atoms with E-state index >= 15 is 0 Å². The third-order valence-electron chi connectivity index (χ3n) is 4.62. The van der Waals surface area contributed by atoms with Gasteiger partial charge in [-0.3, -0.25) is 9.97 Å². The molecule has 144 valence electrons. The summed E-state index contributed by atoms with van der Waals surface area (Å²) in [6.45, 7) is 0. The zero-order chi connectivity index (χ0) is 20.1. The molecule has 4 nitrogen and oxygen atoms in total. The second kappa shape index (κ2) is 8.37. The molecule has 5 heteroatoms. The summed E-state index contributed by atoms with van der Waals surface area (Å²) in [6.07, 6.45) is 6.99. The number of rotatable bonds is 6. The number of aromatic nitrogens is 2. The SMILES string of the molecule is O=S(=O)(Cc1cccc(-c2cccnc2)c1)Cc1cccc(-c2cccnc2)c1. The summed E-state index contributed by atoms with van der Waals surface area (Å²) in [5.74, 6) is -0.00353. The molecule has 0 aliphatic carbocycles. The van der Waals surface area contributed by atoms with Crippen LogP contribution < -0.4 is 0 Å². The molecule has 0 atom stereocenters. The van der Waals surface area contributed by atoms with Gasteiger partial charge in [0.05, 0.1) is 11.5 Å². The first-order valence-electron chi connectivity index (χ1n) is 9.28. The van der Waals surface area contributed by atoms with E-state index in [0.717, 1.165) is 33.4 Å². The topological polar surface area (TPSA) is 59.9 Å². The predicted molar refractivity (Wildman–Crippen MR) is 116 cm³/mol. The first-order valence-corrected chi connectivity index (χ1v) is 11.1. The van der Waals surface area contributed by atoms with Gasteiger partial charge in [-0.15, -0.1) is 0 Å². The fourth-order valence-electron chi connectivity index (χ4n) is 3.31. The maximum Gasteiger partial charge on any atom is 0.158 e. The van der Waals surface area contributed by atoms with E-state index in [9.17, 15) is 8.42 Å². The van der Waals surface area contributed by atoms with Crippen molar-refractivity contribution in [3.8, 4) is 22.3 Å². The van der Waals surface area contributed by atoms with Crippen LogP contribution in [0.2, 0.25) is 0 Å². The van der Waals surface area contributed by atoms with Crippen LogP contribution in [-0.4, -0.2) is 18.4 Å². The monoisotopic (exact) mass is 400 g/mol. The van der Waals surface area contributed by atoms with Crippen LogP contribution in [0.5, 0.6) is 0 Å². The normalized spacial score (nSPS) is 11.3. The molecule has 0 saturated heterocycles. The van der Waals surface area contributed by atoms with Crippen molar-refractivity contribution in [2.45, 2.75) is 11.5 Å². The number of hydrogen-bond acceptors (Lipinski definition) is 4. The highest BCUT2D eigenvalue weighted by molar-refractivity contribution is 7.89. The lowest BCUT2D eigenvalue weighted by atomic mass is 10.1. The average Bonchev–Trinajstić information content (AvgIpc) is 2.75. The number of sulfone groups is 1. The Morgan fingerprint density at radius 1 is 0.586 bits per heavy atom. The van der Waals surface area contributed by atoms with E-state index < -0.39 is 9.84 Å². The fourth-order valence-corrected chi connectivity index (χ4v) is 4.78. The standard InChI is InChI=1S/C24H20N2O2S/c27-29(28,17-19-5-1-7-21(13-19)23-9-3-11-25-15-23)18-20-6-2-8-22(14-20)24-10-4-12-26-16-24/h1-16H,17-18H2. The minimum absolute atomic E-state index is 0.00176. The Labute approximate surface area is 170 Å². The van der Waals surface area contributed by atoms with Crippen LogP contribution in [0.4, 0.5) is 0 Å². The number of hydrogen-bond donors (Lipinski definition) is 0. The third kappa shape index (κ3) is 4.95. The quantitative estimate of drug-likeness (QED) is 0.461. The molecule has 0 aliphatic rings. The van der Waals surface area contributed by atoms with E-state index in [-0.39, 0.29) is 11.5 Å². The van der Waals surface area contributed by atoms with Gasteiger partial charge in [0.15, 0.2) is 9.84 Å². The minimum atomic E-state index is -3.32. The first-order chi connectivity index (χ1) is 14.1. The molecular weight excluding hydrogens is 380 g/mol. The van der Waals surface area contributed by atoms with Crippen molar-refractivity contribution in [1.82, 2.24) is 9.97 Å². The van der Waals surface area contributed by atoms with Gasteiger partial charge in [0.25, 0.3) is 0 Å². The molecule has 0 aliphatic heterocycles. The molecule has 2 heterocycles. The maximum atomic E-state index is 12.8. The Kier molecular flexibility index (Phi) is 5.49. The summed E-state index contributed by atoms with van der Waals surface area (Å²) in [5.41, 5.74) is 5.41. The Morgan fingerprint density at radius 2 is 1.03 bits per heavy atom. The van der Waals surface area contributed by atoms with Gasteiger partial charge < -0.3 is 0 Å². The third-order valence-corrected chi connectivity index (χ3v) is 6.16. The van der Waals surface area contributed by atoms with Crippen LogP contribution in [0.3, 0.4) is 0 Å². The van der Waals surface area contributed by atoms with E-state index in [1.165, 1.54) is 0 Å². The number of nitrogens with zero attached hydrogens (tertiary/aromatic N) is 2. The first kappa shape index (κ1) is 19.0. The van der Waals surface area contributed by atoms with Crippen molar-refractivity contribution in [2.24, 2.45) is 0 Å². The summed E-state index contributed by atoms with van der Waals surface area (Å²) < 4.78 is 25.7. The van der Waals surface area contributed by atoms with Gasteiger partial charge >= 0.3 is 0 Å². The Hall–Kier alpha value is -3.31. The Morgan fingerprint density at radius 3 is 1.45 bits per heavy atom. The van der Waals surface area contributed by atoms with Crippen molar-refractivity contribution >= 4 is 9.84 Å². The molecule has 2 aromatic carbocycles. The van der Waals surface area contributed by atoms with E-state index in [1.54, 1.807) is 24.8 Å². The molecule has 0 unspecified atom stereocenters. The highest BCUT2D eigenvalue weighted by Gasteiger charge is 2.14. The minimum Gasteiger partial charge on any atom is -0.264 e. The van der Waals surface area contributed by atoms with Crippen molar-refractivity contribution in [1.29, 1.82) is 0 Å². The molecule has 0 radical (unpaired) electrons. The zero-order valence-corrected chi connectivity index (χ0v) is 16.6. The fraction of sp³-hybridized carbons (Fsp3) is 0.0833. The lowest BCUT2D eigenvalue weighted by Crippen LogP contribution is -2.08. The number of pyridine rings is 2. The number of benzene rings is 2. The molecule has 0 spiro atoms. The van der Waals surface area contributed by atoms with Crippen LogP contribution in [0, 0.1) is 0 Å². The second-order valence-electron chi connectivity index (χ2n) is 6.92. The second-order valence-corrected chi connectivity index (χ2v) is 8.98. The Balaban J connectivity index is 1.53. The van der Waals surface area contributed by atoms with Gasteiger partial charge in [0.1, 0.15) is 0 Å². The van der Waals surface area contributed by atoms with E-state index in [2.05, 4.69) is 9.97 Å². The van der Waals surface area contributed by atoms with Gasteiger partial charge in [0.2, 0.25) is 0 Å². The molecule has 0 saturated carbocycles. The molecule has 0 fully saturated rings. The molecule has 4 aromatic rings. The smallest absolute Gasteiger partial charge is 0.158 e. The molecular formula is C24H20N2O2S. The van der Waals surface area contributed by atoms with Crippen molar-refractivity contribution in [2.75, 3.05) is 0 Å². The average molecular weight is 401 g/mol. The van der Waals surface area contributed by atoms with Crippen molar-refractivity contribution in [3.63, 3.8) is 0 Å². The highest BCUT2D eigenvalue weighted by Crippen LogP contribution is 2.23. The van der Waals surface area contributed by atoms with Gasteiger partial charge in [-0.25, -0.2) is 8.42 Å². The highest BCUT2D eigenvalue weighted by atomic mass is 32.2.